The van der Waals surface area contributed by atoms with E-state index in [1.165, 1.54) is 16.7 Å². The van der Waals surface area contributed by atoms with Crippen molar-refractivity contribution in [1.82, 2.24) is 10.3 Å². The number of nitrogens with one attached hydrogen (secondary N) is 1. The molecule has 2 heteroatoms. The molecule has 18 heavy (non-hydrogen) atoms. The Morgan fingerprint density at radius 3 is 2.44 bits per heavy atom. The van der Waals surface area contributed by atoms with E-state index < -0.39 is 0 Å². The molecule has 0 aliphatic carbocycles. The van der Waals surface area contributed by atoms with Crippen molar-refractivity contribution in [3.63, 3.8) is 0 Å². The summed E-state index contributed by atoms with van der Waals surface area (Å²) < 4.78 is 0. The Hall–Kier alpha value is -1.67. The van der Waals surface area contributed by atoms with Gasteiger partial charge in [0.25, 0.3) is 0 Å². The SMILES string of the molecule is CNC(Cc1ccncc1)Cc1ccccc1C. The van der Waals surface area contributed by atoms with E-state index in [1.807, 2.05) is 19.4 Å². The highest BCUT2D eigenvalue weighted by Crippen LogP contribution is 2.12. The molecule has 0 saturated carbocycles. The van der Waals surface area contributed by atoms with Gasteiger partial charge in [-0.15, -0.1) is 0 Å². The smallest absolute Gasteiger partial charge is 0.0270 e. The molecule has 0 amide bonds. The Kier molecular flexibility index (Phi) is 4.48. The number of nitrogens with zero attached hydrogens (tertiary/aromatic N) is 1. The largest absolute Gasteiger partial charge is 0.316 e. The van der Waals surface area contributed by atoms with Gasteiger partial charge in [-0.1, -0.05) is 24.3 Å². The lowest BCUT2D eigenvalue weighted by atomic mass is 9.97. The summed E-state index contributed by atoms with van der Waals surface area (Å²) in [5.74, 6) is 0. The fourth-order valence-corrected chi connectivity index (χ4v) is 2.18. The van der Waals surface area contributed by atoms with E-state index in [9.17, 15) is 0 Å². The summed E-state index contributed by atoms with van der Waals surface area (Å²) in [5, 5.41) is 3.41. The standard InChI is InChI=1S/C16H20N2/c1-13-5-3-4-6-15(13)12-16(17-2)11-14-7-9-18-10-8-14/h3-10,16-17H,11-12H2,1-2H3. The van der Waals surface area contributed by atoms with Crippen molar-refractivity contribution in [1.29, 1.82) is 0 Å². The van der Waals surface area contributed by atoms with Crippen LogP contribution in [0.25, 0.3) is 0 Å². The molecule has 0 bridgehead atoms. The molecule has 1 unspecified atom stereocenters. The van der Waals surface area contributed by atoms with Gasteiger partial charge in [0, 0.05) is 18.4 Å². The van der Waals surface area contributed by atoms with Crippen LogP contribution in [0.3, 0.4) is 0 Å². The van der Waals surface area contributed by atoms with Gasteiger partial charge >= 0.3 is 0 Å². The molecule has 2 aromatic rings. The summed E-state index contributed by atoms with van der Waals surface area (Å²) in [6.45, 7) is 2.18. The van der Waals surface area contributed by atoms with E-state index in [1.54, 1.807) is 0 Å². The second kappa shape index (κ2) is 6.31. The van der Waals surface area contributed by atoms with E-state index in [0.717, 1.165) is 12.8 Å². The Bertz CT molecular complexity index is 479. The molecular weight excluding hydrogens is 220 g/mol. The van der Waals surface area contributed by atoms with Crippen molar-refractivity contribution in [3.05, 3.63) is 65.5 Å². The van der Waals surface area contributed by atoms with Gasteiger partial charge in [-0.3, -0.25) is 4.98 Å². The Morgan fingerprint density at radius 1 is 1.06 bits per heavy atom. The molecule has 0 aliphatic rings. The van der Waals surface area contributed by atoms with Crippen LogP contribution in [0.4, 0.5) is 0 Å². The fraction of sp³-hybridized carbons (Fsp3) is 0.312. The van der Waals surface area contributed by atoms with Crippen LogP contribution in [-0.4, -0.2) is 18.1 Å². The molecule has 1 N–H and O–H groups in total. The maximum absolute atomic E-state index is 4.06. The lowest BCUT2D eigenvalue weighted by molar-refractivity contribution is 0.555. The molecule has 1 heterocycles. The zero-order chi connectivity index (χ0) is 12.8. The average Bonchev–Trinajstić information content (AvgIpc) is 2.41. The summed E-state index contributed by atoms with van der Waals surface area (Å²) in [5.41, 5.74) is 4.12. The second-order valence-corrected chi connectivity index (χ2v) is 4.68. The topological polar surface area (TPSA) is 24.9 Å². The number of aromatic nitrogens is 1. The van der Waals surface area contributed by atoms with Gasteiger partial charge in [-0.2, -0.15) is 0 Å². The van der Waals surface area contributed by atoms with Crippen LogP contribution in [0.2, 0.25) is 0 Å². The highest BCUT2D eigenvalue weighted by molar-refractivity contribution is 5.27. The van der Waals surface area contributed by atoms with E-state index in [4.69, 9.17) is 0 Å². The molecule has 2 rings (SSSR count). The van der Waals surface area contributed by atoms with Crippen LogP contribution in [-0.2, 0) is 12.8 Å². The van der Waals surface area contributed by atoms with Crippen molar-refractivity contribution < 1.29 is 0 Å². The zero-order valence-electron chi connectivity index (χ0n) is 11.1. The van der Waals surface area contributed by atoms with Crippen molar-refractivity contribution in [3.8, 4) is 0 Å². The maximum atomic E-state index is 4.06. The summed E-state index contributed by atoms with van der Waals surface area (Å²) in [7, 11) is 2.03. The van der Waals surface area contributed by atoms with Crippen LogP contribution >= 0.6 is 0 Å². The third-order valence-electron chi connectivity index (χ3n) is 3.37. The van der Waals surface area contributed by atoms with Crippen molar-refractivity contribution >= 4 is 0 Å². The first kappa shape index (κ1) is 12.8. The third kappa shape index (κ3) is 3.41. The maximum Gasteiger partial charge on any atom is 0.0270 e. The molecule has 0 fully saturated rings. The summed E-state index contributed by atoms with van der Waals surface area (Å²) >= 11 is 0. The lowest BCUT2D eigenvalue weighted by Crippen LogP contribution is -2.30. The molecule has 0 aliphatic heterocycles. The van der Waals surface area contributed by atoms with Crippen LogP contribution in [0.5, 0.6) is 0 Å². The van der Waals surface area contributed by atoms with Crippen molar-refractivity contribution in [2.75, 3.05) is 7.05 Å². The molecule has 0 saturated heterocycles. The number of rotatable bonds is 5. The number of pyridine rings is 1. The molecule has 1 atom stereocenters. The predicted molar refractivity (Wildman–Crippen MR) is 75.7 cm³/mol. The summed E-state index contributed by atoms with van der Waals surface area (Å²) in [6.07, 6.45) is 5.81. The Labute approximate surface area is 109 Å². The predicted octanol–water partition coefficient (Wildman–Crippen LogP) is 2.76. The minimum Gasteiger partial charge on any atom is -0.316 e. The molecular formula is C16H20N2. The second-order valence-electron chi connectivity index (χ2n) is 4.68. The van der Waals surface area contributed by atoms with Crippen LogP contribution < -0.4 is 5.32 Å². The summed E-state index contributed by atoms with van der Waals surface area (Å²) in [4.78, 5) is 4.06. The summed E-state index contributed by atoms with van der Waals surface area (Å²) in [6, 6.07) is 13.2. The van der Waals surface area contributed by atoms with Gasteiger partial charge in [-0.25, -0.2) is 0 Å². The van der Waals surface area contributed by atoms with Gasteiger partial charge in [0.05, 0.1) is 0 Å². The van der Waals surface area contributed by atoms with Crippen LogP contribution in [0.1, 0.15) is 16.7 Å². The van der Waals surface area contributed by atoms with Crippen molar-refractivity contribution in [2.24, 2.45) is 0 Å². The molecule has 1 aromatic heterocycles. The monoisotopic (exact) mass is 240 g/mol. The Morgan fingerprint density at radius 2 is 1.78 bits per heavy atom. The number of aryl methyl sites for hydroxylation is 1. The normalized spacial score (nSPS) is 12.3. The number of hydrogen-bond donors (Lipinski definition) is 1. The zero-order valence-corrected chi connectivity index (χ0v) is 11.1. The number of hydrogen-bond acceptors (Lipinski definition) is 2. The highest BCUT2D eigenvalue weighted by atomic mass is 14.9. The first-order valence-corrected chi connectivity index (χ1v) is 6.40. The molecule has 94 valence electrons. The lowest BCUT2D eigenvalue weighted by Gasteiger charge is -2.17. The van der Waals surface area contributed by atoms with E-state index in [0.29, 0.717) is 6.04 Å². The van der Waals surface area contributed by atoms with Gasteiger partial charge < -0.3 is 5.32 Å². The van der Waals surface area contributed by atoms with E-state index in [-0.39, 0.29) is 0 Å². The molecule has 0 radical (unpaired) electrons. The highest BCUT2D eigenvalue weighted by Gasteiger charge is 2.09. The van der Waals surface area contributed by atoms with E-state index >= 15 is 0 Å². The number of likely N-dealkylation sites (N-methyl/N-ethyl adjacent to an activating group) is 1. The van der Waals surface area contributed by atoms with Gasteiger partial charge in [-0.05, 0) is 55.6 Å². The first-order chi connectivity index (χ1) is 8.79. The quantitative estimate of drug-likeness (QED) is 0.869. The minimum atomic E-state index is 0.466. The minimum absolute atomic E-state index is 0.466. The van der Waals surface area contributed by atoms with E-state index in [2.05, 4.69) is 53.6 Å². The Balaban J connectivity index is 2.04. The molecule has 1 aromatic carbocycles. The fourth-order valence-electron chi connectivity index (χ4n) is 2.18. The average molecular weight is 240 g/mol. The molecule has 0 spiro atoms. The third-order valence-corrected chi connectivity index (χ3v) is 3.37. The van der Waals surface area contributed by atoms with Gasteiger partial charge in [0.1, 0.15) is 0 Å². The van der Waals surface area contributed by atoms with Crippen LogP contribution in [0, 0.1) is 6.92 Å². The van der Waals surface area contributed by atoms with Gasteiger partial charge in [0.15, 0.2) is 0 Å². The molecule has 2 nitrogen and oxygen atoms in total. The van der Waals surface area contributed by atoms with Crippen molar-refractivity contribution in [2.45, 2.75) is 25.8 Å². The van der Waals surface area contributed by atoms with Crippen LogP contribution in [0.15, 0.2) is 48.8 Å². The van der Waals surface area contributed by atoms with Gasteiger partial charge in [0.2, 0.25) is 0 Å². The number of benzene rings is 1. The first-order valence-electron chi connectivity index (χ1n) is 6.40.